The fourth-order valence-electron chi connectivity index (χ4n) is 2.94. The third kappa shape index (κ3) is 5.05. The van der Waals surface area contributed by atoms with Gasteiger partial charge >= 0.3 is 5.97 Å². The molecule has 0 saturated carbocycles. The Kier molecular flexibility index (Phi) is 6.85. The van der Waals surface area contributed by atoms with Gasteiger partial charge in [-0.2, -0.15) is 5.10 Å². The summed E-state index contributed by atoms with van der Waals surface area (Å²) in [6.45, 7) is 5.94. The predicted octanol–water partition coefficient (Wildman–Crippen LogP) is 4.07. The molecule has 0 aliphatic carbocycles. The number of nitrogens with one attached hydrogen (secondary N) is 1. The molecule has 1 aromatic heterocycles. The number of nitrogens with zero attached hydrogens (tertiary/aromatic N) is 2. The Morgan fingerprint density at radius 2 is 1.73 bits per heavy atom. The number of aromatic nitrogens is 2. The van der Waals surface area contributed by atoms with Crippen LogP contribution in [0.5, 0.6) is 5.75 Å². The molecule has 1 amide bonds. The zero-order valence-corrected chi connectivity index (χ0v) is 17.3. The zero-order valence-electron chi connectivity index (χ0n) is 17.3. The minimum absolute atomic E-state index is 0.357. The van der Waals surface area contributed by atoms with E-state index >= 15 is 0 Å². The number of anilines is 1. The molecule has 0 spiro atoms. The lowest BCUT2D eigenvalue weighted by Crippen LogP contribution is -2.21. The van der Waals surface area contributed by atoms with Crippen LogP contribution in [0.15, 0.2) is 54.6 Å². The van der Waals surface area contributed by atoms with Crippen LogP contribution in [-0.2, 0) is 9.53 Å². The van der Waals surface area contributed by atoms with E-state index in [1.807, 2.05) is 51.1 Å². The Bertz CT molecular complexity index is 1010. The summed E-state index contributed by atoms with van der Waals surface area (Å²) in [5.74, 6) is -0.307. The van der Waals surface area contributed by atoms with Crippen LogP contribution in [0.4, 0.5) is 5.69 Å². The molecule has 0 saturated heterocycles. The van der Waals surface area contributed by atoms with Gasteiger partial charge in [-0.05, 0) is 56.7 Å². The zero-order chi connectivity index (χ0) is 21.5. The maximum absolute atomic E-state index is 12.3. The molecule has 1 heterocycles. The number of ether oxygens (including phenoxy) is 2. The van der Waals surface area contributed by atoms with Crippen molar-refractivity contribution < 1.29 is 19.1 Å². The van der Waals surface area contributed by atoms with Crippen molar-refractivity contribution >= 4 is 17.6 Å². The number of rotatable bonds is 8. The highest BCUT2D eigenvalue weighted by Crippen LogP contribution is 2.22. The van der Waals surface area contributed by atoms with Gasteiger partial charge in [0.15, 0.2) is 6.61 Å². The van der Waals surface area contributed by atoms with Crippen LogP contribution < -0.4 is 10.1 Å². The first-order valence-corrected chi connectivity index (χ1v) is 9.81. The molecule has 0 fully saturated rings. The molecule has 1 N–H and O–H groups in total. The van der Waals surface area contributed by atoms with E-state index in [2.05, 4.69) is 10.4 Å². The second kappa shape index (κ2) is 9.73. The number of carbonyl (C=O) groups is 2. The Morgan fingerprint density at radius 1 is 1.03 bits per heavy atom. The molecule has 30 heavy (non-hydrogen) atoms. The number of aryl methyl sites for hydroxylation is 1. The molecule has 0 unspecified atom stereocenters. The number of esters is 1. The highest BCUT2D eigenvalue weighted by atomic mass is 16.5. The van der Waals surface area contributed by atoms with Gasteiger partial charge in [0.1, 0.15) is 5.75 Å². The molecule has 3 aromatic rings. The molecule has 3 rings (SSSR count). The van der Waals surface area contributed by atoms with Crippen LogP contribution in [0.3, 0.4) is 0 Å². The highest BCUT2D eigenvalue weighted by molar-refractivity contribution is 5.96. The van der Waals surface area contributed by atoms with Crippen molar-refractivity contribution in [1.29, 1.82) is 0 Å². The molecule has 0 aliphatic heterocycles. The number of benzene rings is 2. The lowest BCUT2D eigenvalue weighted by Gasteiger charge is -2.08. The largest absolute Gasteiger partial charge is 0.494 e. The molecular formula is C23H25N3O4. The van der Waals surface area contributed by atoms with Crippen molar-refractivity contribution in [2.75, 3.05) is 18.5 Å². The monoisotopic (exact) mass is 407 g/mol. The van der Waals surface area contributed by atoms with Gasteiger partial charge < -0.3 is 14.8 Å². The smallest absolute Gasteiger partial charge is 0.338 e. The second-order valence-electron chi connectivity index (χ2n) is 6.79. The molecule has 7 nitrogen and oxygen atoms in total. The van der Waals surface area contributed by atoms with Crippen molar-refractivity contribution in [3.63, 3.8) is 0 Å². The molecule has 0 aliphatic rings. The number of carbonyl (C=O) groups excluding carboxylic acids is 2. The molecule has 7 heteroatoms. The van der Waals surface area contributed by atoms with Gasteiger partial charge in [-0.25, -0.2) is 9.48 Å². The Morgan fingerprint density at radius 3 is 2.40 bits per heavy atom. The van der Waals surface area contributed by atoms with Crippen molar-refractivity contribution in [3.05, 3.63) is 71.5 Å². The summed E-state index contributed by atoms with van der Waals surface area (Å²) in [6.07, 6.45) is 0.905. The first kappa shape index (κ1) is 21.1. The average Bonchev–Trinajstić information content (AvgIpc) is 3.05. The van der Waals surface area contributed by atoms with E-state index in [1.54, 1.807) is 28.9 Å². The van der Waals surface area contributed by atoms with E-state index in [0.29, 0.717) is 29.3 Å². The van der Waals surface area contributed by atoms with Gasteiger partial charge in [0.05, 0.1) is 34.9 Å². The fraction of sp³-hybridized carbons (Fsp3) is 0.261. The first-order chi connectivity index (χ1) is 14.5. The van der Waals surface area contributed by atoms with Crippen molar-refractivity contribution in [3.8, 4) is 11.4 Å². The molecule has 156 valence electrons. The van der Waals surface area contributed by atoms with Gasteiger partial charge in [0.2, 0.25) is 0 Å². The molecule has 0 atom stereocenters. The van der Waals surface area contributed by atoms with E-state index in [4.69, 9.17) is 9.47 Å². The Balaban J connectivity index is 1.58. The van der Waals surface area contributed by atoms with Gasteiger partial charge in [0, 0.05) is 0 Å². The van der Waals surface area contributed by atoms with E-state index in [-0.39, 0.29) is 6.61 Å². The predicted molar refractivity (Wildman–Crippen MR) is 114 cm³/mol. The lowest BCUT2D eigenvalue weighted by molar-refractivity contribution is -0.119. The van der Waals surface area contributed by atoms with E-state index in [1.165, 1.54) is 0 Å². The van der Waals surface area contributed by atoms with E-state index in [9.17, 15) is 9.59 Å². The minimum atomic E-state index is -0.569. The quantitative estimate of drug-likeness (QED) is 0.569. The summed E-state index contributed by atoms with van der Waals surface area (Å²) in [6, 6.07) is 16.3. The highest BCUT2D eigenvalue weighted by Gasteiger charge is 2.16. The number of hydrogen-bond acceptors (Lipinski definition) is 5. The molecule has 0 bridgehead atoms. The second-order valence-corrected chi connectivity index (χ2v) is 6.79. The minimum Gasteiger partial charge on any atom is -0.494 e. The van der Waals surface area contributed by atoms with E-state index in [0.717, 1.165) is 17.8 Å². The molecule has 0 radical (unpaired) electrons. The van der Waals surface area contributed by atoms with Crippen molar-refractivity contribution in [1.82, 2.24) is 9.78 Å². The molecule has 2 aromatic carbocycles. The van der Waals surface area contributed by atoms with Gasteiger partial charge in [-0.3, -0.25) is 4.79 Å². The third-order valence-electron chi connectivity index (χ3n) is 4.45. The van der Waals surface area contributed by atoms with Crippen molar-refractivity contribution in [2.24, 2.45) is 0 Å². The lowest BCUT2D eigenvalue weighted by atomic mass is 10.2. The third-order valence-corrected chi connectivity index (χ3v) is 4.45. The molecular weight excluding hydrogens is 382 g/mol. The normalized spacial score (nSPS) is 10.5. The Hall–Kier alpha value is -3.61. The topological polar surface area (TPSA) is 82.4 Å². The number of amides is 1. The Labute approximate surface area is 175 Å². The number of para-hydroxylation sites is 1. The maximum Gasteiger partial charge on any atom is 0.338 e. The van der Waals surface area contributed by atoms with Gasteiger partial charge in [0.25, 0.3) is 5.91 Å². The van der Waals surface area contributed by atoms with Crippen LogP contribution in [-0.4, -0.2) is 34.9 Å². The van der Waals surface area contributed by atoms with E-state index < -0.39 is 11.9 Å². The average molecular weight is 407 g/mol. The van der Waals surface area contributed by atoms with Gasteiger partial charge in [-0.15, -0.1) is 0 Å². The van der Waals surface area contributed by atoms with Crippen LogP contribution in [0.1, 0.15) is 35.1 Å². The standard InChI is InChI=1S/C23H25N3O4/c1-4-14-29-20-12-10-18(11-13-20)23(28)30-15-21(27)24-22-16(2)25-26(17(22)3)19-8-6-5-7-9-19/h5-13H,4,14-15H2,1-3H3,(H,24,27). The summed E-state index contributed by atoms with van der Waals surface area (Å²) < 4.78 is 12.4. The summed E-state index contributed by atoms with van der Waals surface area (Å²) in [4.78, 5) is 24.5. The van der Waals surface area contributed by atoms with Crippen LogP contribution in [0.25, 0.3) is 5.69 Å². The first-order valence-electron chi connectivity index (χ1n) is 9.81. The fourth-order valence-corrected chi connectivity index (χ4v) is 2.94. The number of hydrogen-bond donors (Lipinski definition) is 1. The van der Waals surface area contributed by atoms with Crippen molar-refractivity contribution in [2.45, 2.75) is 27.2 Å². The van der Waals surface area contributed by atoms with Gasteiger partial charge in [-0.1, -0.05) is 25.1 Å². The summed E-state index contributed by atoms with van der Waals surface area (Å²) >= 11 is 0. The summed E-state index contributed by atoms with van der Waals surface area (Å²) in [7, 11) is 0. The summed E-state index contributed by atoms with van der Waals surface area (Å²) in [5.41, 5.74) is 3.34. The maximum atomic E-state index is 12.3. The van der Waals surface area contributed by atoms with Crippen LogP contribution >= 0.6 is 0 Å². The van der Waals surface area contributed by atoms with Crippen LogP contribution in [0, 0.1) is 13.8 Å². The van der Waals surface area contributed by atoms with Crippen LogP contribution in [0.2, 0.25) is 0 Å². The SMILES string of the molecule is CCCOc1ccc(C(=O)OCC(=O)Nc2c(C)nn(-c3ccccc3)c2C)cc1. The summed E-state index contributed by atoms with van der Waals surface area (Å²) in [5, 5.41) is 7.28.